The summed E-state index contributed by atoms with van der Waals surface area (Å²) >= 11 is 0. The van der Waals surface area contributed by atoms with E-state index in [4.69, 9.17) is 15.2 Å². The molecule has 1 aliphatic carbocycles. The molecule has 2 aromatic carbocycles. The van der Waals surface area contributed by atoms with E-state index in [9.17, 15) is 14.7 Å². The highest BCUT2D eigenvalue weighted by molar-refractivity contribution is 6.00. The molecule has 1 heterocycles. The lowest BCUT2D eigenvalue weighted by atomic mass is 9.98. The topological polar surface area (TPSA) is 111 Å². The predicted molar refractivity (Wildman–Crippen MR) is 117 cm³/mol. The molecule has 31 heavy (non-hydrogen) atoms. The van der Waals surface area contributed by atoms with Gasteiger partial charge >= 0.3 is 5.97 Å². The molecule has 0 spiro atoms. The average Bonchev–Trinajstić information content (AvgIpc) is 3.36. The molecule has 0 aromatic heterocycles. The molecule has 4 N–H and O–H groups in total. The van der Waals surface area contributed by atoms with Crippen molar-refractivity contribution in [2.45, 2.75) is 38.1 Å². The number of fused-ring (bicyclic) bond motifs is 2. The maximum atomic E-state index is 12.5. The molecule has 7 nitrogen and oxygen atoms in total. The van der Waals surface area contributed by atoms with Crippen molar-refractivity contribution in [2.24, 2.45) is 5.73 Å². The first-order valence-electron chi connectivity index (χ1n) is 10.5. The van der Waals surface area contributed by atoms with Gasteiger partial charge in [0.1, 0.15) is 5.56 Å². The van der Waals surface area contributed by atoms with Crippen molar-refractivity contribution in [2.75, 3.05) is 13.3 Å². The quantitative estimate of drug-likeness (QED) is 0.564. The minimum Gasteiger partial charge on any atom is -0.478 e. The van der Waals surface area contributed by atoms with E-state index in [1.807, 2.05) is 30.3 Å². The van der Waals surface area contributed by atoms with Crippen LogP contribution >= 0.6 is 0 Å². The number of benzene rings is 2. The Bertz CT molecular complexity index is 1030. The molecule has 1 amide bonds. The van der Waals surface area contributed by atoms with E-state index in [1.165, 1.54) is 0 Å². The third-order valence-electron chi connectivity index (χ3n) is 5.67. The molecule has 0 saturated heterocycles. The van der Waals surface area contributed by atoms with E-state index in [1.54, 1.807) is 12.1 Å². The van der Waals surface area contributed by atoms with Gasteiger partial charge < -0.3 is 25.6 Å². The van der Waals surface area contributed by atoms with Crippen LogP contribution < -0.4 is 20.5 Å². The van der Waals surface area contributed by atoms with E-state index in [-0.39, 0.29) is 30.1 Å². The Morgan fingerprint density at radius 2 is 1.97 bits per heavy atom. The summed E-state index contributed by atoms with van der Waals surface area (Å²) < 4.78 is 10.7. The number of nitrogens with one attached hydrogen (secondary N) is 1. The second kappa shape index (κ2) is 9.22. The molecule has 0 unspecified atom stereocenters. The molecule has 0 fully saturated rings. The first kappa shape index (κ1) is 20.9. The summed E-state index contributed by atoms with van der Waals surface area (Å²) in [6.45, 7) is 0.634. The van der Waals surface area contributed by atoms with E-state index in [0.717, 1.165) is 36.0 Å². The molecule has 1 aliphatic heterocycles. The Morgan fingerprint density at radius 3 is 2.77 bits per heavy atom. The van der Waals surface area contributed by atoms with Crippen LogP contribution in [0.4, 0.5) is 0 Å². The number of aromatic carboxylic acids is 1. The summed E-state index contributed by atoms with van der Waals surface area (Å²) in [7, 11) is 0. The summed E-state index contributed by atoms with van der Waals surface area (Å²) in [4.78, 5) is 24.5. The number of rotatable bonds is 8. The molecule has 0 saturated carbocycles. The van der Waals surface area contributed by atoms with Gasteiger partial charge in [-0.25, -0.2) is 4.79 Å². The predicted octanol–water partition coefficient (Wildman–Crippen LogP) is 3.21. The van der Waals surface area contributed by atoms with Crippen molar-refractivity contribution >= 4 is 23.5 Å². The SMILES string of the molecule is NCCCCCC(=O)N[C@H]1Cc2ccccc2/C1=C\c1ccc2c(c1C(=O)O)OCO2. The van der Waals surface area contributed by atoms with Gasteiger partial charge in [0.2, 0.25) is 12.7 Å². The second-order valence-electron chi connectivity index (χ2n) is 7.75. The summed E-state index contributed by atoms with van der Waals surface area (Å²) in [5.74, 6) is -0.423. The smallest absolute Gasteiger partial charge is 0.340 e. The lowest BCUT2D eigenvalue weighted by molar-refractivity contribution is -0.121. The lowest BCUT2D eigenvalue weighted by Crippen LogP contribution is -2.34. The third-order valence-corrected chi connectivity index (χ3v) is 5.67. The number of carbonyl (C=O) groups excluding carboxylic acids is 1. The van der Waals surface area contributed by atoms with Crippen LogP contribution in [0.1, 0.15) is 52.7 Å². The Kier molecular flexibility index (Phi) is 6.23. The number of nitrogens with two attached hydrogens (primary N) is 1. The van der Waals surface area contributed by atoms with Crippen molar-refractivity contribution in [3.8, 4) is 11.5 Å². The van der Waals surface area contributed by atoms with Gasteiger partial charge in [-0.3, -0.25) is 4.79 Å². The highest BCUT2D eigenvalue weighted by atomic mass is 16.7. The lowest BCUT2D eigenvalue weighted by Gasteiger charge is -2.16. The van der Waals surface area contributed by atoms with E-state index in [2.05, 4.69) is 5.32 Å². The van der Waals surface area contributed by atoms with Crippen molar-refractivity contribution in [1.82, 2.24) is 5.32 Å². The van der Waals surface area contributed by atoms with Crippen LogP contribution in [0.15, 0.2) is 36.4 Å². The maximum Gasteiger partial charge on any atom is 0.340 e. The monoisotopic (exact) mass is 422 g/mol. The van der Waals surface area contributed by atoms with Gasteiger partial charge in [-0.1, -0.05) is 36.8 Å². The van der Waals surface area contributed by atoms with Crippen molar-refractivity contribution in [1.29, 1.82) is 0 Å². The molecule has 1 atom stereocenters. The molecule has 162 valence electrons. The number of ether oxygens (including phenoxy) is 2. The van der Waals surface area contributed by atoms with Crippen molar-refractivity contribution in [3.05, 3.63) is 58.7 Å². The zero-order chi connectivity index (χ0) is 21.8. The van der Waals surface area contributed by atoms with Crippen LogP contribution in [0.3, 0.4) is 0 Å². The first-order valence-corrected chi connectivity index (χ1v) is 10.5. The van der Waals surface area contributed by atoms with Crippen LogP contribution in [0.5, 0.6) is 11.5 Å². The molecule has 0 bridgehead atoms. The molecular formula is C24H26N2O5. The normalized spacial score (nSPS) is 17.6. The van der Waals surface area contributed by atoms with Crippen LogP contribution in [0.25, 0.3) is 11.6 Å². The fraction of sp³-hybridized carbons (Fsp3) is 0.333. The molecule has 2 aromatic rings. The van der Waals surface area contributed by atoms with E-state index in [0.29, 0.717) is 30.7 Å². The van der Waals surface area contributed by atoms with Crippen LogP contribution in [0, 0.1) is 0 Å². The van der Waals surface area contributed by atoms with E-state index >= 15 is 0 Å². The van der Waals surface area contributed by atoms with Gasteiger partial charge in [-0.05, 0) is 60.2 Å². The Morgan fingerprint density at radius 1 is 1.13 bits per heavy atom. The Labute approximate surface area is 180 Å². The fourth-order valence-electron chi connectivity index (χ4n) is 4.17. The summed E-state index contributed by atoms with van der Waals surface area (Å²) in [6.07, 6.45) is 5.60. The van der Waals surface area contributed by atoms with Crippen molar-refractivity contribution in [3.63, 3.8) is 0 Å². The Hall–Kier alpha value is -3.32. The molecule has 0 radical (unpaired) electrons. The number of hydrogen-bond donors (Lipinski definition) is 3. The van der Waals surface area contributed by atoms with Crippen LogP contribution in [-0.2, 0) is 11.2 Å². The highest BCUT2D eigenvalue weighted by Gasteiger charge is 2.30. The van der Waals surface area contributed by atoms with Crippen molar-refractivity contribution < 1.29 is 24.2 Å². The van der Waals surface area contributed by atoms with Gasteiger partial charge in [0.05, 0.1) is 6.04 Å². The fourth-order valence-corrected chi connectivity index (χ4v) is 4.17. The average molecular weight is 422 g/mol. The molecular weight excluding hydrogens is 396 g/mol. The number of unbranched alkanes of at least 4 members (excludes halogenated alkanes) is 2. The number of amides is 1. The minimum absolute atomic E-state index is 0.00130. The largest absolute Gasteiger partial charge is 0.478 e. The highest BCUT2D eigenvalue weighted by Crippen LogP contribution is 2.40. The van der Waals surface area contributed by atoms with Gasteiger partial charge in [0, 0.05) is 6.42 Å². The molecule has 2 aliphatic rings. The molecule has 7 heteroatoms. The Balaban J connectivity index is 1.65. The summed E-state index contributed by atoms with van der Waals surface area (Å²) in [5.41, 5.74) is 9.14. The van der Waals surface area contributed by atoms with E-state index < -0.39 is 5.97 Å². The van der Waals surface area contributed by atoms with Crippen LogP contribution in [0.2, 0.25) is 0 Å². The summed E-state index contributed by atoms with van der Waals surface area (Å²) in [5, 5.41) is 12.9. The number of carboxylic acid groups (broad SMARTS) is 1. The maximum absolute atomic E-state index is 12.5. The third kappa shape index (κ3) is 4.41. The van der Waals surface area contributed by atoms with Gasteiger partial charge in [0.25, 0.3) is 0 Å². The molecule has 4 rings (SSSR count). The standard InChI is InChI=1S/C24H26N2O5/c25-11-5-1-2-8-21(27)26-19-13-15-6-3-4-7-17(15)18(19)12-16-9-10-20-23(31-14-30-20)22(16)24(28)29/h3-4,6-7,9-10,12,19H,1-2,5,8,11,13-14,25H2,(H,26,27)(H,28,29)/b18-12+/t19-/m0/s1. The van der Waals surface area contributed by atoms with Gasteiger partial charge in [0.15, 0.2) is 11.5 Å². The first-order chi connectivity index (χ1) is 15.1. The number of carboxylic acids is 1. The summed E-state index contributed by atoms with van der Waals surface area (Å²) in [6, 6.07) is 11.2. The zero-order valence-corrected chi connectivity index (χ0v) is 17.2. The van der Waals surface area contributed by atoms with Crippen LogP contribution in [-0.4, -0.2) is 36.4 Å². The van der Waals surface area contributed by atoms with Gasteiger partial charge in [-0.2, -0.15) is 0 Å². The number of hydrogen-bond acceptors (Lipinski definition) is 5. The zero-order valence-electron chi connectivity index (χ0n) is 17.2. The second-order valence-corrected chi connectivity index (χ2v) is 7.75. The number of carbonyl (C=O) groups is 2. The van der Waals surface area contributed by atoms with Gasteiger partial charge in [-0.15, -0.1) is 0 Å². The minimum atomic E-state index is -1.08.